The molecule has 18 heavy (non-hydrogen) atoms. The Morgan fingerprint density at radius 1 is 1.67 bits per heavy atom. The molecule has 1 aliphatic heterocycles. The van der Waals surface area contributed by atoms with Gasteiger partial charge < -0.3 is 20.1 Å². The number of phenols is 1. The lowest BCUT2D eigenvalue weighted by Crippen LogP contribution is -2.38. The number of anilines is 1. The van der Waals surface area contributed by atoms with Crippen molar-refractivity contribution in [3.8, 4) is 18.1 Å². The Morgan fingerprint density at radius 2 is 2.44 bits per heavy atom. The minimum Gasteiger partial charge on any atom is -0.506 e. The van der Waals surface area contributed by atoms with Gasteiger partial charge in [-0.1, -0.05) is 12.0 Å². The van der Waals surface area contributed by atoms with Gasteiger partial charge in [0.15, 0.2) is 0 Å². The van der Waals surface area contributed by atoms with Crippen LogP contribution in [0, 0.1) is 12.3 Å². The third kappa shape index (κ3) is 2.11. The zero-order chi connectivity index (χ0) is 13.1. The molecule has 0 aliphatic carbocycles. The topological polar surface area (TPSA) is 61.8 Å². The number of ether oxygens (including phenoxy) is 1. The van der Waals surface area contributed by atoms with E-state index in [2.05, 4.69) is 11.2 Å². The Kier molecular flexibility index (Phi) is 3.40. The molecule has 1 aromatic carbocycles. The highest BCUT2D eigenvalue weighted by Gasteiger charge is 2.28. The van der Waals surface area contributed by atoms with Gasteiger partial charge in [-0.3, -0.25) is 4.79 Å². The van der Waals surface area contributed by atoms with Crippen molar-refractivity contribution in [2.24, 2.45) is 0 Å². The number of amides is 1. The van der Waals surface area contributed by atoms with Gasteiger partial charge in [0.25, 0.3) is 5.91 Å². The maximum absolute atomic E-state index is 12.3. The Morgan fingerprint density at radius 3 is 3.11 bits per heavy atom. The number of terminal acetylenes is 1. The van der Waals surface area contributed by atoms with Gasteiger partial charge in [0.05, 0.1) is 24.3 Å². The molecule has 2 rings (SSSR count). The zero-order valence-electron chi connectivity index (χ0n) is 10.0. The molecule has 2 N–H and O–H groups in total. The molecule has 5 heteroatoms. The number of aromatic hydroxyl groups is 1. The van der Waals surface area contributed by atoms with E-state index in [-0.39, 0.29) is 18.2 Å². The van der Waals surface area contributed by atoms with Crippen LogP contribution in [0.2, 0.25) is 0 Å². The highest BCUT2D eigenvalue weighted by Crippen LogP contribution is 2.31. The van der Waals surface area contributed by atoms with Gasteiger partial charge in [0, 0.05) is 7.11 Å². The van der Waals surface area contributed by atoms with E-state index in [0.717, 1.165) is 0 Å². The predicted molar refractivity (Wildman–Crippen MR) is 67.3 cm³/mol. The number of nitrogens with one attached hydrogen (secondary N) is 1. The first-order chi connectivity index (χ1) is 8.67. The lowest BCUT2D eigenvalue weighted by atomic mass is 10.1. The van der Waals surface area contributed by atoms with Crippen LogP contribution in [0.5, 0.6) is 5.75 Å². The van der Waals surface area contributed by atoms with E-state index in [1.165, 1.54) is 18.1 Å². The molecule has 0 fully saturated rings. The number of carbonyl (C=O) groups is 1. The summed E-state index contributed by atoms with van der Waals surface area (Å²) in [6.45, 7) is 0.531. The third-order valence-corrected chi connectivity index (χ3v) is 2.82. The Bertz CT molecular complexity index is 507. The van der Waals surface area contributed by atoms with Gasteiger partial charge in [-0.25, -0.2) is 0 Å². The van der Waals surface area contributed by atoms with Crippen molar-refractivity contribution >= 4 is 11.6 Å². The number of phenolic OH excluding ortho intramolecular Hbond substituents is 1. The summed E-state index contributed by atoms with van der Waals surface area (Å²) in [4.78, 5) is 13.8. The Hall–Kier alpha value is -2.19. The fraction of sp³-hybridized carbons (Fsp3) is 0.308. The van der Waals surface area contributed by atoms with E-state index in [1.807, 2.05) is 0 Å². The zero-order valence-corrected chi connectivity index (χ0v) is 10.0. The second-order valence-corrected chi connectivity index (χ2v) is 3.96. The maximum Gasteiger partial charge on any atom is 0.257 e. The molecule has 1 aliphatic rings. The van der Waals surface area contributed by atoms with E-state index >= 15 is 0 Å². The quantitative estimate of drug-likeness (QED) is 0.600. The number of hydrogen-bond donors (Lipinski definition) is 2. The number of hydrogen-bond acceptors (Lipinski definition) is 4. The summed E-state index contributed by atoms with van der Waals surface area (Å²) in [6, 6.07) is 4.78. The molecule has 0 bridgehead atoms. The van der Waals surface area contributed by atoms with Crippen LogP contribution in [0.15, 0.2) is 18.2 Å². The van der Waals surface area contributed by atoms with Crippen molar-refractivity contribution in [3.63, 3.8) is 0 Å². The number of carbonyl (C=O) groups excluding carboxylic acids is 1. The van der Waals surface area contributed by atoms with E-state index < -0.39 is 6.23 Å². The Labute approximate surface area is 105 Å². The lowest BCUT2D eigenvalue weighted by Gasteiger charge is -2.21. The van der Waals surface area contributed by atoms with Gasteiger partial charge in [-0.15, -0.1) is 6.42 Å². The van der Waals surface area contributed by atoms with Crippen LogP contribution in [0.3, 0.4) is 0 Å². The van der Waals surface area contributed by atoms with Gasteiger partial charge in [-0.2, -0.15) is 0 Å². The van der Waals surface area contributed by atoms with E-state index in [4.69, 9.17) is 11.2 Å². The molecular weight excluding hydrogens is 232 g/mol. The van der Waals surface area contributed by atoms with Crippen molar-refractivity contribution in [2.75, 3.05) is 25.5 Å². The van der Waals surface area contributed by atoms with Gasteiger partial charge in [0.1, 0.15) is 12.0 Å². The van der Waals surface area contributed by atoms with Crippen molar-refractivity contribution in [3.05, 3.63) is 23.8 Å². The minimum atomic E-state index is -0.406. The smallest absolute Gasteiger partial charge is 0.257 e. The molecule has 1 aromatic rings. The third-order valence-electron chi connectivity index (χ3n) is 2.82. The van der Waals surface area contributed by atoms with Crippen LogP contribution in [-0.2, 0) is 4.74 Å². The molecule has 0 spiro atoms. The molecule has 0 saturated heterocycles. The average Bonchev–Trinajstić information content (AvgIpc) is 2.50. The molecule has 0 unspecified atom stereocenters. The first-order valence-electron chi connectivity index (χ1n) is 5.51. The van der Waals surface area contributed by atoms with E-state index in [0.29, 0.717) is 17.8 Å². The molecule has 0 aromatic heterocycles. The predicted octanol–water partition coefficient (Wildman–Crippen LogP) is 0.866. The normalized spacial score (nSPS) is 18.6. The number of rotatable bonds is 2. The van der Waals surface area contributed by atoms with E-state index in [1.54, 1.807) is 12.1 Å². The van der Waals surface area contributed by atoms with Crippen LogP contribution >= 0.6 is 0 Å². The summed E-state index contributed by atoms with van der Waals surface area (Å²) in [5.41, 5.74) is 0.777. The summed E-state index contributed by atoms with van der Waals surface area (Å²) in [7, 11) is 1.53. The first-order valence-corrected chi connectivity index (χ1v) is 5.51. The van der Waals surface area contributed by atoms with E-state index in [9.17, 15) is 9.90 Å². The highest BCUT2D eigenvalue weighted by atomic mass is 16.5. The molecule has 94 valence electrons. The largest absolute Gasteiger partial charge is 0.506 e. The average molecular weight is 246 g/mol. The molecule has 1 heterocycles. The monoisotopic (exact) mass is 246 g/mol. The molecule has 1 amide bonds. The molecule has 1 atom stereocenters. The number of benzene rings is 1. The van der Waals surface area contributed by atoms with Crippen LogP contribution in [0.25, 0.3) is 0 Å². The maximum atomic E-state index is 12.3. The molecule has 5 nitrogen and oxygen atoms in total. The van der Waals surface area contributed by atoms with Crippen molar-refractivity contribution in [2.45, 2.75) is 6.23 Å². The van der Waals surface area contributed by atoms with Gasteiger partial charge in [-0.05, 0) is 12.1 Å². The summed E-state index contributed by atoms with van der Waals surface area (Å²) in [6.07, 6.45) is 4.85. The molecule has 0 radical (unpaired) electrons. The fourth-order valence-electron chi connectivity index (χ4n) is 1.91. The number of para-hydroxylation sites is 1. The standard InChI is InChI=1S/C13H14N2O3/c1-3-7-15-8-11(18-2)14-12-9(13(15)17)5-4-6-10(12)16/h1,4-6,11,14,16H,7-8H2,2H3/t11-/m1/s1. The number of nitrogens with zero attached hydrogens (tertiary/aromatic N) is 1. The lowest BCUT2D eigenvalue weighted by molar-refractivity contribution is 0.0618. The second kappa shape index (κ2) is 4.98. The summed E-state index contributed by atoms with van der Waals surface area (Å²) < 4.78 is 5.22. The van der Waals surface area contributed by atoms with Crippen molar-refractivity contribution in [1.82, 2.24) is 4.90 Å². The van der Waals surface area contributed by atoms with Crippen LogP contribution in [-0.4, -0.2) is 42.3 Å². The summed E-state index contributed by atoms with van der Waals surface area (Å²) >= 11 is 0. The van der Waals surface area contributed by atoms with Gasteiger partial charge in [0.2, 0.25) is 0 Å². The summed E-state index contributed by atoms with van der Waals surface area (Å²) in [5, 5.41) is 12.8. The number of methoxy groups -OCH3 is 1. The SMILES string of the molecule is C#CCN1C[C@@H](OC)Nc2c(O)cccc2C1=O. The molecular formula is C13H14N2O3. The number of fused-ring (bicyclic) bond motifs is 1. The first kappa shape index (κ1) is 12.3. The highest BCUT2D eigenvalue weighted by molar-refractivity contribution is 6.01. The van der Waals surface area contributed by atoms with Crippen molar-refractivity contribution < 1.29 is 14.6 Å². The summed E-state index contributed by atoms with van der Waals surface area (Å²) in [5.74, 6) is 2.25. The minimum absolute atomic E-state index is 0.0189. The fourth-order valence-corrected chi connectivity index (χ4v) is 1.91. The molecule has 0 saturated carbocycles. The van der Waals surface area contributed by atoms with Gasteiger partial charge >= 0.3 is 0 Å². The van der Waals surface area contributed by atoms with Crippen molar-refractivity contribution in [1.29, 1.82) is 0 Å². The Balaban J connectivity index is 2.46. The van der Waals surface area contributed by atoms with Crippen LogP contribution in [0.4, 0.5) is 5.69 Å². The second-order valence-electron chi connectivity index (χ2n) is 3.96. The van der Waals surface area contributed by atoms with Crippen LogP contribution < -0.4 is 5.32 Å². The van der Waals surface area contributed by atoms with Crippen LogP contribution in [0.1, 0.15) is 10.4 Å².